The third-order valence-corrected chi connectivity index (χ3v) is 2.90. The summed E-state index contributed by atoms with van der Waals surface area (Å²) < 4.78 is 35.4. The lowest BCUT2D eigenvalue weighted by Crippen LogP contribution is -2.34. The van der Waals surface area contributed by atoms with Crippen LogP contribution in [0.5, 0.6) is 0 Å². The van der Waals surface area contributed by atoms with Crippen molar-refractivity contribution in [3.05, 3.63) is 0 Å². The van der Waals surface area contributed by atoms with Crippen molar-refractivity contribution in [3.8, 4) is 0 Å². The molecule has 1 rings (SSSR count). The minimum atomic E-state index is -4.03. The van der Waals surface area contributed by atoms with Gasteiger partial charge in [-0.2, -0.15) is 13.2 Å². The molecule has 5 heteroatoms. The number of piperidine rings is 1. The molecule has 16 heavy (non-hydrogen) atoms. The zero-order chi connectivity index (χ0) is 11.9. The predicted molar refractivity (Wildman–Crippen MR) is 58.4 cm³/mol. The van der Waals surface area contributed by atoms with Gasteiger partial charge in [0.2, 0.25) is 0 Å². The highest BCUT2D eigenvalue weighted by molar-refractivity contribution is 4.72. The zero-order valence-corrected chi connectivity index (χ0v) is 9.58. The van der Waals surface area contributed by atoms with Gasteiger partial charge in [0, 0.05) is 12.6 Å². The molecule has 2 N–H and O–H groups in total. The molecule has 1 unspecified atom stereocenters. The lowest BCUT2D eigenvalue weighted by atomic mass is 10.0. The molecule has 1 fully saturated rings. The number of halogens is 3. The molecule has 0 radical (unpaired) electrons. The van der Waals surface area contributed by atoms with Gasteiger partial charge in [-0.15, -0.1) is 0 Å². The van der Waals surface area contributed by atoms with Crippen LogP contribution in [0.3, 0.4) is 0 Å². The van der Waals surface area contributed by atoms with Gasteiger partial charge in [0.25, 0.3) is 0 Å². The highest BCUT2D eigenvalue weighted by Crippen LogP contribution is 2.18. The van der Waals surface area contributed by atoms with E-state index >= 15 is 0 Å². The van der Waals surface area contributed by atoms with E-state index in [2.05, 4.69) is 10.6 Å². The average Bonchev–Trinajstić information content (AvgIpc) is 2.23. The van der Waals surface area contributed by atoms with Crippen molar-refractivity contribution < 1.29 is 13.2 Å². The van der Waals surface area contributed by atoms with Crippen molar-refractivity contribution in [2.75, 3.05) is 19.6 Å². The Morgan fingerprint density at radius 3 is 2.62 bits per heavy atom. The van der Waals surface area contributed by atoms with Gasteiger partial charge >= 0.3 is 6.18 Å². The molecule has 0 aromatic carbocycles. The number of alkyl halides is 3. The fourth-order valence-corrected chi connectivity index (χ4v) is 2.00. The fourth-order valence-electron chi connectivity index (χ4n) is 2.00. The van der Waals surface area contributed by atoms with E-state index in [1.165, 1.54) is 19.3 Å². The summed E-state index contributed by atoms with van der Waals surface area (Å²) in [6.45, 7) is 1.82. The summed E-state index contributed by atoms with van der Waals surface area (Å²) in [6, 6.07) is 0.582. The Balaban J connectivity index is 1.87. The molecule has 0 aromatic rings. The minimum absolute atomic E-state index is 0.0432. The number of rotatable bonds is 6. The lowest BCUT2D eigenvalue weighted by Gasteiger charge is -2.23. The second-order valence-corrected chi connectivity index (χ2v) is 4.40. The van der Waals surface area contributed by atoms with Crippen LogP contribution in [0.25, 0.3) is 0 Å². The van der Waals surface area contributed by atoms with E-state index in [9.17, 15) is 13.2 Å². The average molecular weight is 238 g/mol. The standard InChI is InChI=1S/C11H21F3N2/c12-11(13,14)6-9-15-7-3-5-10-4-1-2-8-16-10/h10,15-16H,1-9H2. The molecule has 0 spiro atoms. The molecule has 0 aromatic heterocycles. The molecule has 0 amide bonds. The molecule has 1 saturated heterocycles. The van der Waals surface area contributed by atoms with Crippen LogP contribution >= 0.6 is 0 Å². The van der Waals surface area contributed by atoms with Gasteiger partial charge in [0.15, 0.2) is 0 Å². The highest BCUT2D eigenvalue weighted by Gasteiger charge is 2.25. The van der Waals surface area contributed by atoms with Crippen molar-refractivity contribution in [1.29, 1.82) is 0 Å². The summed E-state index contributed by atoms with van der Waals surface area (Å²) in [7, 11) is 0. The first kappa shape index (κ1) is 13.8. The second kappa shape index (κ2) is 7.12. The first-order valence-electron chi connectivity index (χ1n) is 6.09. The molecule has 2 nitrogen and oxygen atoms in total. The van der Waals surface area contributed by atoms with Crippen LogP contribution in [0.15, 0.2) is 0 Å². The maximum absolute atomic E-state index is 11.8. The Morgan fingerprint density at radius 2 is 2.00 bits per heavy atom. The normalized spacial score (nSPS) is 22.3. The van der Waals surface area contributed by atoms with Crippen molar-refractivity contribution in [2.24, 2.45) is 0 Å². The molecule has 1 aliphatic rings. The van der Waals surface area contributed by atoms with E-state index in [4.69, 9.17) is 0 Å². The van der Waals surface area contributed by atoms with Gasteiger partial charge in [-0.05, 0) is 38.8 Å². The van der Waals surface area contributed by atoms with E-state index in [1.54, 1.807) is 0 Å². The molecule has 0 bridgehead atoms. The number of hydrogen-bond donors (Lipinski definition) is 2. The van der Waals surface area contributed by atoms with Gasteiger partial charge in [-0.3, -0.25) is 0 Å². The van der Waals surface area contributed by atoms with Crippen molar-refractivity contribution in [1.82, 2.24) is 10.6 Å². The fraction of sp³-hybridized carbons (Fsp3) is 1.00. The van der Waals surface area contributed by atoms with Crippen LogP contribution in [0.2, 0.25) is 0 Å². The first-order chi connectivity index (χ1) is 7.58. The number of hydrogen-bond acceptors (Lipinski definition) is 2. The van der Waals surface area contributed by atoms with Gasteiger partial charge in [0.1, 0.15) is 0 Å². The Hall–Kier alpha value is -0.290. The lowest BCUT2D eigenvalue weighted by molar-refractivity contribution is -0.133. The van der Waals surface area contributed by atoms with Crippen LogP contribution in [0.1, 0.15) is 38.5 Å². The Labute approximate surface area is 95.0 Å². The maximum Gasteiger partial charge on any atom is 0.390 e. The summed E-state index contributed by atoms with van der Waals surface area (Å²) in [4.78, 5) is 0. The molecule has 96 valence electrons. The summed E-state index contributed by atoms with van der Waals surface area (Å²) in [5, 5.41) is 6.26. The third kappa shape index (κ3) is 7.06. The largest absolute Gasteiger partial charge is 0.390 e. The van der Waals surface area contributed by atoms with Gasteiger partial charge < -0.3 is 10.6 Å². The molecular formula is C11H21F3N2. The minimum Gasteiger partial charge on any atom is -0.316 e. The van der Waals surface area contributed by atoms with E-state index in [-0.39, 0.29) is 6.54 Å². The van der Waals surface area contributed by atoms with Crippen LogP contribution < -0.4 is 10.6 Å². The van der Waals surface area contributed by atoms with E-state index in [0.29, 0.717) is 12.6 Å². The smallest absolute Gasteiger partial charge is 0.316 e. The first-order valence-corrected chi connectivity index (χ1v) is 6.09. The predicted octanol–water partition coefficient (Wildman–Crippen LogP) is 2.45. The molecule has 1 aliphatic heterocycles. The molecule has 1 atom stereocenters. The van der Waals surface area contributed by atoms with Crippen LogP contribution in [0, 0.1) is 0 Å². The van der Waals surface area contributed by atoms with Gasteiger partial charge in [0.05, 0.1) is 6.42 Å². The van der Waals surface area contributed by atoms with Crippen molar-refractivity contribution >= 4 is 0 Å². The van der Waals surface area contributed by atoms with E-state index in [1.807, 2.05) is 0 Å². The highest BCUT2D eigenvalue weighted by atomic mass is 19.4. The second-order valence-electron chi connectivity index (χ2n) is 4.40. The van der Waals surface area contributed by atoms with Crippen LogP contribution in [-0.4, -0.2) is 31.9 Å². The Morgan fingerprint density at radius 1 is 1.19 bits per heavy atom. The van der Waals surface area contributed by atoms with Gasteiger partial charge in [-0.1, -0.05) is 6.42 Å². The molecular weight excluding hydrogens is 217 g/mol. The molecule has 0 saturated carbocycles. The summed E-state index contributed by atoms with van der Waals surface area (Å²) in [5.41, 5.74) is 0. The topological polar surface area (TPSA) is 24.1 Å². The SMILES string of the molecule is FC(F)(F)CCNCCCC1CCCCN1. The monoisotopic (exact) mass is 238 g/mol. The quantitative estimate of drug-likeness (QED) is 0.695. The Kier molecular flexibility index (Phi) is 6.13. The van der Waals surface area contributed by atoms with E-state index < -0.39 is 12.6 Å². The summed E-state index contributed by atoms with van der Waals surface area (Å²) >= 11 is 0. The van der Waals surface area contributed by atoms with Crippen LogP contribution in [-0.2, 0) is 0 Å². The van der Waals surface area contributed by atoms with E-state index in [0.717, 1.165) is 19.4 Å². The third-order valence-electron chi connectivity index (χ3n) is 2.90. The summed E-state index contributed by atoms with van der Waals surface area (Å²) in [5.74, 6) is 0. The molecule has 0 aliphatic carbocycles. The Bertz CT molecular complexity index is 177. The van der Waals surface area contributed by atoms with Crippen molar-refractivity contribution in [3.63, 3.8) is 0 Å². The summed E-state index contributed by atoms with van der Waals surface area (Å²) in [6.07, 6.45) is 1.00. The number of nitrogens with one attached hydrogen (secondary N) is 2. The van der Waals surface area contributed by atoms with Crippen LogP contribution in [0.4, 0.5) is 13.2 Å². The van der Waals surface area contributed by atoms with Crippen molar-refractivity contribution in [2.45, 2.75) is 50.7 Å². The van der Waals surface area contributed by atoms with Gasteiger partial charge in [-0.25, -0.2) is 0 Å². The molecule has 1 heterocycles. The zero-order valence-electron chi connectivity index (χ0n) is 9.58. The maximum atomic E-state index is 11.8.